The molecule has 1 aliphatic heterocycles. The summed E-state index contributed by atoms with van der Waals surface area (Å²) in [5.74, 6) is 0.795. The van der Waals surface area contributed by atoms with Crippen molar-refractivity contribution in [3.8, 4) is 0 Å². The molecular formula is C10H14N3O. The van der Waals surface area contributed by atoms with Crippen LogP contribution in [0.1, 0.15) is 12.8 Å². The van der Waals surface area contributed by atoms with Gasteiger partial charge in [-0.1, -0.05) is 0 Å². The van der Waals surface area contributed by atoms with Crippen LogP contribution in [0, 0.1) is 6.07 Å². The summed E-state index contributed by atoms with van der Waals surface area (Å²) >= 11 is 0. The van der Waals surface area contributed by atoms with E-state index in [-0.39, 0.29) is 0 Å². The molecule has 0 N–H and O–H groups in total. The summed E-state index contributed by atoms with van der Waals surface area (Å²) in [6.45, 7) is 1.78. The Balaban J connectivity index is 2.10. The molecule has 1 aromatic rings. The Morgan fingerprint density at radius 3 is 3.07 bits per heavy atom. The van der Waals surface area contributed by atoms with Gasteiger partial charge in [-0.25, -0.2) is 9.97 Å². The van der Waals surface area contributed by atoms with Crippen LogP contribution >= 0.6 is 0 Å². The van der Waals surface area contributed by atoms with Crippen LogP contribution in [0.3, 0.4) is 0 Å². The van der Waals surface area contributed by atoms with Crippen molar-refractivity contribution in [2.75, 3.05) is 25.2 Å². The van der Waals surface area contributed by atoms with E-state index in [4.69, 9.17) is 4.74 Å². The molecule has 4 heteroatoms. The molecule has 2 rings (SSSR count). The van der Waals surface area contributed by atoms with Crippen LogP contribution in [0.25, 0.3) is 0 Å². The first kappa shape index (κ1) is 9.40. The number of anilines is 1. The number of aromatic nitrogens is 2. The van der Waals surface area contributed by atoms with Crippen LogP contribution in [0.5, 0.6) is 0 Å². The Morgan fingerprint density at radius 1 is 1.57 bits per heavy atom. The van der Waals surface area contributed by atoms with Crippen molar-refractivity contribution in [1.82, 2.24) is 9.97 Å². The summed E-state index contributed by atoms with van der Waals surface area (Å²) in [5.41, 5.74) is 0. The summed E-state index contributed by atoms with van der Waals surface area (Å²) in [4.78, 5) is 10.6. The molecule has 1 fully saturated rings. The van der Waals surface area contributed by atoms with E-state index in [2.05, 4.69) is 20.9 Å². The van der Waals surface area contributed by atoms with Crippen LogP contribution in [-0.4, -0.2) is 36.3 Å². The van der Waals surface area contributed by atoms with Gasteiger partial charge < -0.3 is 9.64 Å². The van der Waals surface area contributed by atoms with Crippen LogP contribution in [-0.2, 0) is 4.74 Å². The minimum absolute atomic E-state index is 0.433. The Kier molecular flexibility index (Phi) is 2.93. The zero-order chi connectivity index (χ0) is 9.80. The topological polar surface area (TPSA) is 38.2 Å². The van der Waals surface area contributed by atoms with Crippen molar-refractivity contribution in [2.24, 2.45) is 0 Å². The molecule has 0 amide bonds. The molecule has 4 nitrogen and oxygen atoms in total. The smallest absolute Gasteiger partial charge is 0.225 e. The molecule has 0 saturated carbocycles. The molecule has 0 spiro atoms. The van der Waals surface area contributed by atoms with E-state index in [1.54, 1.807) is 19.5 Å². The second-order valence-electron chi connectivity index (χ2n) is 3.43. The minimum atomic E-state index is 0.433. The Morgan fingerprint density at radius 2 is 2.36 bits per heavy atom. The van der Waals surface area contributed by atoms with Crippen LogP contribution in [0.4, 0.5) is 5.95 Å². The highest BCUT2D eigenvalue weighted by atomic mass is 16.5. The molecule has 0 aliphatic carbocycles. The first-order chi connectivity index (χ1) is 6.92. The van der Waals surface area contributed by atoms with Crippen LogP contribution < -0.4 is 4.90 Å². The quantitative estimate of drug-likeness (QED) is 0.713. The Hall–Kier alpha value is -1.16. The Bertz CT molecular complexity index is 278. The molecule has 14 heavy (non-hydrogen) atoms. The Labute approximate surface area is 83.9 Å². The van der Waals surface area contributed by atoms with Crippen LogP contribution in [0.15, 0.2) is 12.4 Å². The van der Waals surface area contributed by atoms with Gasteiger partial charge in [-0.05, 0) is 12.8 Å². The molecule has 1 aromatic heterocycles. The summed E-state index contributed by atoms with van der Waals surface area (Å²) in [5, 5.41) is 0. The van der Waals surface area contributed by atoms with Crippen molar-refractivity contribution < 1.29 is 4.74 Å². The van der Waals surface area contributed by atoms with E-state index in [1.807, 2.05) is 0 Å². The first-order valence-corrected chi connectivity index (χ1v) is 4.85. The predicted molar refractivity (Wildman–Crippen MR) is 53.1 cm³/mol. The average Bonchev–Trinajstić information content (AvgIpc) is 2.68. The molecule has 75 valence electrons. The molecule has 0 aromatic carbocycles. The number of hydrogen-bond acceptors (Lipinski definition) is 4. The fraction of sp³-hybridized carbons (Fsp3) is 0.600. The molecule has 1 saturated heterocycles. The highest BCUT2D eigenvalue weighted by molar-refractivity contribution is 5.32. The molecule has 0 bridgehead atoms. The maximum absolute atomic E-state index is 5.17. The van der Waals surface area contributed by atoms with Gasteiger partial charge in [0, 0.05) is 32.1 Å². The van der Waals surface area contributed by atoms with Crippen molar-refractivity contribution in [1.29, 1.82) is 0 Å². The number of nitrogens with zero attached hydrogens (tertiary/aromatic N) is 3. The summed E-state index contributed by atoms with van der Waals surface area (Å²) in [6, 6.07) is 3.26. The average molecular weight is 192 g/mol. The minimum Gasteiger partial charge on any atom is -0.383 e. The van der Waals surface area contributed by atoms with Crippen molar-refractivity contribution in [2.45, 2.75) is 18.9 Å². The van der Waals surface area contributed by atoms with E-state index in [0.29, 0.717) is 6.04 Å². The van der Waals surface area contributed by atoms with E-state index in [0.717, 1.165) is 25.5 Å². The molecule has 1 atom stereocenters. The fourth-order valence-electron chi connectivity index (χ4n) is 1.87. The lowest BCUT2D eigenvalue weighted by Gasteiger charge is -2.23. The number of hydrogen-bond donors (Lipinski definition) is 0. The lowest BCUT2D eigenvalue weighted by Crippen LogP contribution is -2.33. The van der Waals surface area contributed by atoms with Crippen LogP contribution in [0.2, 0.25) is 0 Å². The summed E-state index contributed by atoms with van der Waals surface area (Å²) < 4.78 is 5.17. The molecule has 0 unspecified atom stereocenters. The third-order valence-corrected chi connectivity index (χ3v) is 2.50. The van der Waals surface area contributed by atoms with E-state index in [9.17, 15) is 0 Å². The van der Waals surface area contributed by atoms with Gasteiger partial charge in [0.25, 0.3) is 0 Å². The largest absolute Gasteiger partial charge is 0.383 e. The van der Waals surface area contributed by atoms with Gasteiger partial charge in [0.1, 0.15) is 0 Å². The summed E-state index contributed by atoms with van der Waals surface area (Å²) in [7, 11) is 1.73. The molecular weight excluding hydrogens is 178 g/mol. The third kappa shape index (κ3) is 1.85. The lowest BCUT2D eigenvalue weighted by atomic mass is 10.2. The maximum atomic E-state index is 5.17. The zero-order valence-corrected chi connectivity index (χ0v) is 8.31. The van der Waals surface area contributed by atoms with Gasteiger partial charge in [-0.15, -0.1) is 0 Å². The fourth-order valence-corrected chi connectivity index (χ4v) is 1.87. The molecule has 2 heterocycles. The highest BCUT2D eigenvalue weighted by Crippen LogP contribution is 2.21. The van der Waals surface area contributed by atoms with E-state index >= 15 is 0 Å². The first-order valence-electron chi connectivity index (χ1n) is 4.85. The van der Waals surface area contributed by atoms with Gasteiger partial charge in [-0.2, -0.15) is 0 Å². The normalized spacial score (nSPS) is 21.5. The number of methoxy groups -OCH3 is 1. The monoisotopic (exact) mass is 192 g/mol. The van der Waals surface area contributed by atoms with Gasteiger partial charge in [0.15, 0.2) is 0 Å². The molecule has 1 aliphatic rings. The predicted octanol–water partition coefficient (Wildman–Crippen LogP) is 0.892. The summed E-state index contributed by atoms with van der Waals surface area (Å²) in [6.07, 6.45) is 5.67. The van der Waals surface area contributed by atoms with Crippen molar-refractivity contribution >= 4 is 5.95 Å². The zero-order valence-electron chi connectivity index (χ0n) is 8.31. The SMILES string of the molecule is COC[C@H]1CCCN1c1nc[c]cn1. The van der Waals surface area contributed by atoms with Crippen molar-refractivity contribution in [3.63, 3.8) is 0 Å². The third-order valence-electron chi connectivity index (χ3n) is 2.50. The molecule has 1 radical (unpaired) electrons. The standard InChI is InChI=1S/C10H14N3O/c1-14-8-9-4-2-7-13(9)10-11-5-3-6-12-10/h5-6,9H,2,4,7-8H2,1H3/t9-/m1/s1. The van der Waals surface area contributed by atoms with Gasteiger partial charge >= 0.3 is 0 Å². The van der Waals surface area contributed by atoms with Gasteiger partial charge in [-0.3, -0.25) is 0 Å². The second kappa shape index (κ2) is 4.37. The van der Waals surface area contributed by atoms with E-state index in [1.165, 1.54) is 6.42 Å². The second-order valence-corrected chi connectivity index (χ2v) is 3.43. The highest BCUT2D eigenvalue weighted by Gasteiger charge is 2.25. The number of rotatable bonds is 3. The van der Waals surface area contributed by atoms with Crippen molar-refractivity contribution in [3.05, 3.63) is 18.5 Å². The number of ether oxygens (including phenoxy) is 1. The maximum Gasteiger partial charge on any atom is 0.225 e. The van der Waals surface area contributed by atoms with Gasteiger partial charge in [0.05, 0.1) is 12.6 Å². The lowest BCUT2D eigenvalue weighted by molar-refractivity contribution is 0.180. The van der Waals surface area contributed by atoms with E-state index < -0.39 is 0 Å². The van der Waals surface area contributed by atoms with Gasteiger partial charge in [0.2, 0.25) is 5.95 Å².